The Bertz CT molecular complexity index is 441. The third kappa shape index (κ3) is 3.07. The van der Waals surface area contributed by atoms with Gasteiger partial charge in [0.15, 0.2) is 0 Å². The highest BCUT2D eigenvalue weighted by atomic mass is 79.9. The maximum Gasteiger partial charge on any atom is 0.133 e. The lowest BCUT2D eigenvalue weighted by molar-refractivity contribution is 0.393. The maximum absolute atomic E-state index is 4.98. The highest BCUT2D eigenvalue weighted by Crippen LogP contribution is 2.21. The Morgan fingerprint density at radius 3 is 2.93 bits per heavy atom. The van der Waals surface area contributed by atoms with Gasteiger partial charge < -0.3 is 4.52 Å². The van der Waals surface area contributed by atoms with Crippen LogP contribution >= 0.6 is 27.7 Å². The first-order valence-electron chi connectivity index (χ1n) is 4.40. The summed E-state index contributed by atoms with van der Waals surface area (Å²) in [4.78, 5) is 4.26. The van der Waals surface area contributed by atoms with E-state index >= 15 is 0 Å². The van der Waals surface area contributed by atoms with Gasteiger partial charge in [-0.2, -0.15) is 0 Å². The Labute approximate surface area is 100 Å². The van der Waals surface area contributed by atoms with E-state index in [1.54, 1.807) is 18.0 Å². The SMILES string of the molecule is Cc1cc(CSc2ccc(Br)cn2)no1. The Kier molecular flexibility index (Phi) is 3.43. The Morgan fingerprint density at radius 2 is 2.33 bits per heavy atom. The minimum atomic E-state index is 0.784. The highest BCUT2D eigenvalue weighted by Gasteiger charge is 2.02. The molecule has 2 aromatic rings. The van der Waals surface area contributed by atoms with Crippen LogP contribution in [0.5, 0.6) is 0 Å². The maximum atomic E-state index is 4.98. The fraction of sp³-hybridized carbons (Fsp3) is 0.200. The van der Waals surface area contributed by atoms with E-state index in [2.05, 4.69) is 26.1 Å². The first-order chi connectivity index (χ1) is 7.24. The molecule has 0 N–H and O–H groups in total. The molecule has 0 saturated carbocycles. The van der Waals surface area contributed by atoms with E-state index < -0.39 is 0 Å². The summed E-state index contributed by atoms with van der Waals surface area (Å²) in [6, 6.07) is 5.89. The van der Waals surface area contributed by atoms with Crippen molar-refractivity contribution in [1.82, 2.24) is 10.1 Å². The van der Waals surface area contributed by atoms with Gasteiger partial charge in [-0.15, -0.1) is 0 Å². The summed E-state index contributed by atoms with van der Waals surface area (Å²) in [5.41, 5.74) is 0.946. The van der Waals surface area contributed by atoms with E-state index in [4.69, 9.17) is 4.52 Å². The number of pyridine rings is 1. The van der Waals surface area contributed by atoms with Gasteiger partial charge in [0.25, 0.3) is 0 Å². The van der Waals surface area contributed by atoms with Crippen LogP contribution in [0.4, 0.5) is 0 Å². The van der Waals surface area contributed by atoms with Gasteiger partial charge in [-0.25, -0.2) is 4.98 Å². The predicted molar refractivity (Wildman–Crippen MR) is 62.7 cm³/mol. The molecule has 0 saturated heterocycles. The molecular weight excluding hydrogens is 276 g/mol. The van der Waals surface area contributed by atoms with Gasteiger partial charge in [0.2, 0.25) is 0 Å². The molecule has 15 heavy (non-hydrogen) atoms. The number of aromatic nitrogens is 2. The molecule has 2 heterocycles. The third-order valence-corrected chi connectivity index (χ3v) is 3.19. The largest absolute Gasteiger partial charge is 0.361 e. The lowest BCUT2D eigenvalue weighted by Crippen LogP contribution is -1.82. The van der Waals surface area contributed by atoms with Crippen molar-refractivity contribution >= 4 is 27.7 Å². The highest BCUT2D eigenvalue weighted by molar-refractivity contribution is 9.10. The Hall–Kier alpha value is -0.810. The molecule has 0 aliphatic heterocycles. The Morgan fingerprint density at radius 1 is 1.47 bits per heavy atom. The fourth-order valence-corrected chi connectivity index (χ4v) is 2.04. The van der Waals surface area contributed by atoms with Crippen molar-refractivity contribution in [2.45, 2.75) is 17.7 Å². The number of halogens is 1. The van der Waals surface area contributed by atoms with E-state index in [-0.39, 0.29) is 0 Å². The number of hydrogen-bond acceptors (Lipinski definition) is 4. The van der Waals surface area contributed by atoms with Crippen LogP contribution in [0.15, 0.2) is 38.4 Å². The van der Waals surface area contributed by atoms with Crippen LogP contribution in [0, 0.1) is 6.92 Å². The van der Waals surface area contributed by atoms with E-state index in [0.29, 0.717) is 0 Å². The molecule has 0 unspecified atom stereocenters. The zero-order valence-corrected chi connectivity index (χ0v) is 10.5. The number of nitrogens with zero attached hydrogens (tertiary/aromatic N) is 2. The van der Waals surface area contributed by atoms with E-state index in [1.165, 1.54) is 0 Å². The molecule has 2 aromatic heterocycles. The minimum Gasteiger partial charge on any atom is -0.361 e. The summed E-state index contributed by atoms with van der Waals surface area (Å²) < 4.78 is 5.97. The molecule has 5 heteroatoms. The second-order valence-electron chi connectivity index (χ2n) is 3.03. The molecule has 78 valence electrons. The van der Waals surface area contributed by atoms with Crippen molar-refractivity contribution in [3.05, 3.63) is 40.3 Å². The summed E-state index contributed by atoms with van der Waals surface area (Å²) in [6.07, 6.45) is 1.79. The molecule has 0 atom stereocenters. The lowest BCUT2D eigenvalue weighted by atomic mass is 10.4. The lowest BCUT2D eigenvalue weighted by Gasteiger charge is -1.97. The molecule has 0 amide bonds. The normalized spacial score (nSPS) is 10.5. The summed E-state index contributed by atoms with van der Waals surface area (Å²) >= 11 is 4.99. The third-order valence-electron chi connectivity index (χ3n) is 1.74. The van der Waals surface area contributed by atoms with Gasteiger partial charge in [-0.05, 0) is 35.0 Å². The van der Waals surface area contributed by atoms with Crippen molar-refractivity contribution in [3.8, 4) is 0 Å². The zero-order valence-electron chi connectivity index (χ0n) is 8.11. The topological polar surface area (TPSA) is 38.9 Å². The monoisotopic (exact) mass is 284 g/mol. The van der Waals surface area contributed by atoms with Gasteiger partial charge in [0.1, 0.15) is 5.76 Å². The molecule has 0 radical (unpaired) electrons. The van der Waals surface area contributed by atoms with Crippen molar-refractivity contribution in [2.75, 3.05) is 0 Å². The van der Waals surface area contributed by atoms with Crippen molar-refractivity contribution in [1.29, 1.82) is 0 Å². The average molecular weight is 285 g/mol. The van der Waals surface area contributed by atoms with Crippen LogP contribution in [0.25, 0.3) is 0 Å². The predicted octanol–water partition coefficient (Wildman–Crippen LogP) is 3.43. The molecule has 0 fully saturated rings. The van der Waals surface area contributed by atoms with Gasteiger partial charge in [-0.3, -0.25) is 0 Å². The molecule has 0 aromatic carbocycles. The molecule has 0 aliphatic rings. The first kappa shape index (κ1) is 10.7. The van der Waals surface area contributed by atoms with Crippen LogP contribution in [-0.4, -0.2) is 10.1 Å². The fourth-order valence-electron chi connectivity index (χ4n) is 1.08. The van der Waals surface area contributed by atoms with Crippen LogP contribution in [0.2, 0.25) is 0 Å². The van der Waals surface area contributed by atoms with E-state index in [1.807, 2.05) is 25.1 Å². The number of hydrogen-bond donors (Lipinski definition) is 0. The molecule has 0 aliphatic carbocycles. The van der Waals surface area contributed by atoms with Crippen LogP contribution in [0.1, 0.15) is 11.5 Å². The molecule has 2 rings (SSSR count). The average Bonchev–Trinajstić information content (AvgIpc) is 2.64. The quantitative estimate of drug-likeness (QED) is 0.810. The van der Waals surface area contributed by atoms with E-state index in [9.17, 15) is 0 Å². The second-order valence-corrected chi connectivity index (χ2v) is 4.94. The summed E-state index contributed by atoms with van der Waals surface area (Å²) in [6.45, 7) is 1.89. The molecule has 0 bridgehead atoms. The molecule has 0 spiro atoms. The van der Waals surface area contributed by atoms with Crippen molar-refractivity contribution in [3.63, 3.8) is 0 Å². The van der Waals surface area contributed by atoms with Crippen LogP contribution in [0.3, 0.4) is 0 Å². The minimum absolute atomic E-state index is 0.784. The first-order valence-corrected chi connectivity index (χ1v) is 6.18. The van der Waals surface area contributed by atoms with Gasteiger partial charge in [0, 0.05) is 22.5 Å². The summed E-state index contributed by atoms with van der Waals surface area (Å²) in [5, 5.41) is 4.90. The van der Waals surface area contributed by atoms with Crippen molar-refractivity contribution < 1.29 is 4.52 Å². The van der Waals surface area contributed by atoms with Gasteiger partial charge in [-0.1, -0.05) is 16.9 Å². The van der Waals surface area contributed by atoms with E-state index in [0.717, 1.165) is 26.7 Å². The smallest absolute Gasteiger partial charge is 0.133 e. The number of thioether (sulfide) groups is 1. The summed E-state index contributed by atoms with van der Waals surface area (Å²) in [7, 11) is 0. The number of rotatable bonds is 3. The van der Waals surface area contributed by atoms with Crippen LogP contribution < -0.4 is 0 Å². The van der Waals surface area contributed by atoms with Gasteiger partial charge in [0.05, 0.1) is 10.7 Å². The number of aryl methyl sites for hydroxylation is 1. The van der Waals surface area contributed by atoms with Gasteiger partial charge >= 0.3 is 0 Å². The van der Waals surface area contributed by atoms with Crippen LogP contribution in [-0.2, 0) is 5.75 Å². The zero-order chi connectivity index (χ0) is 10.7. The van der Waals surface area contributed by atoms with Crippen molar-refractivity contribution in [2.24, 2.45) is 0 Å². The second kappa shape index (κ2) is 4.81. The Balaban J connectivity index is 1.96. The summed E-state index contributed by atoms with van der Waals surface area (Å²) in [5.74, 6) is 1.63. The molecular formula is C10H9BrN2OS. The standard InChI is InChI=1S/C10H9BrN2OS/c1-7-4-9(13-14-7)6-15-10-3-2-8(11)5-12-10/h2-5H,6H2,1H3. The molecule has 3 nitrogen and oxygen atoms in total.